The van der Waals surface area contributed by atoms with Crippen LogP contribution in [0.2, 0.25) is 0 Å². The first-order valence-corrected chi connectivity index (χ1v) is 8.47. The number of carbonyl (C=O) groups excluding carboxylic acids is 1. The van der Waals surface area contributed by atoms with Crippen LogP contribution in [0.3, 0.4) is 0 Å². The van der Waals surface area contributed by atoms with E-state index in [1.54, 1.807) is 23.5 Å². The number of hydrogen-bond acceptors (Lipinski definition) is 4. The van der Waals surface area contributed by atoms with E-state index in [2.05, 4.69) is 10.3 Å². The number of amides is 1. The minimum Gasteiger partial charge on any atom is -0.388 e. The maximum absolute atomic E-state index is 12.2. The van der Waals surface area contributed by atoms with E-state index in [1.165, 1.54) is 0 Å². The molecule has 4 nitrogen and oxygen atoms in total. The summed E-state index contributed by atoms with van der Waals surface area (Å²) in [5.74, 6) is -0.137. The van der Waals surface area contributed by atoms with E-state index in [-0.39, 0.29) is 5.91 Å². The number of nitrogens with one attached hydrogen (secondary N) is 1. The molecular weight excluding hydrogens is 296 g/mol. The van der Waals surface area contributed by atoms with Crippen LogP contribution in [0.1, 0.15) is 41.7 Å². The Kier molecular flexibility index (Phi) is 4.27. The summed E-state index contributed by atoms with van der Waals surface area (Å²) in [4.78, 5) is 16.6. The lowest BCUT2D eigenvalue weighted by Gasteiger charge is -2.22. The Balaban J connectivity index is 1.63. The molecule has 116 valence electrons. The highest BCUT2D eigenvalue weighted by Crippen LogP contribution is 2.28. The van der Waals surface area contributed by atoms with E-state index in [9.17, 15) is 9.90 Å². The van der Waals surface area contributed by atoms with Crippen LogP contribution in [0.15, 0.2) is 29.6 Å². The van der Waals surface area contributed by atoms with Crippen molar-refractivity contribution in [1.82, 2.24) is 10.3 Å². The molecule has 1 fully saturated rings. The van der Waals surface area contributed by atoms with Gasteiger partial charge in [0.2, 0.25) is 0 Å². The van der Waals surface area contributed by atoms with Crippen LogP contribution in [0, 0.1) is 6.92 Å². The smallest absolute Gasteiger partial charge is 0.251 e. The van der Waals surface area contributed by atoms with Crippen LogP contribution in [0.25, 0.3) is 10.6 Å². The van der Waals surface area contributed by atoms with E-state index in [4.69, 9.17) is 0 Å². The molecule has 1 aliphatic carbocycles. The molecule has 1 aliphatic rings. The van der Waals surface area contributed by atoms with Crippen LogP contribution in [-0.4, -0.2) is 28.1 Å². The van der Waals surface area contributed by atoms with Crippen LogP contribution >= 0.6 is 11.3 Å². The predicted molar refractivity (Wildman–Crippen MR) is 88.0 cm³/mol. The Morgan fingerprint density at radius 2 is 2.00 bits per heavy atom. The molecule has 0 radical (unpaired) electrons. The zero-order valence-electron chi connectivity index (χ0n) is 12.6. The fourth-order valence-electron chi connectivity index (χ4n) is 2.81. The number of rotatable bonds is 4. The van der Waals surface area contributed by atoms with E-state index in [0.717, 1.165) is 41.9 Å². The number of hydrogen-bond donors (Lipinski definition) is 2. The van der Waals surface area contributed by atoms with Gasteiger partial charge in [-0.05, 0) is 31.9 Å². The standard InChI is InChI=1S/C17H20N2O2S/c1-12-10-22-16(19-12)14-6-4-13(5-7-14)15(20)18-11-17(21)8-2-3-9-17/h4-7,10,21H,2-3,8-9,11H2,1H3,(H,18,20). The van der Waals surface area contributed by atoms with Crippen molar-refractivity contribution in [3.8, 4) is 10.6 Å². The summed E-state index contributed by atoms with van der Waals surface area (Å²) >= 11 is 1.60. The summed E-state index contributed by atoms with van der Waals surface area (Å²) in [6.07, 6.45) is 3.62. The summed E-state index contributed by atoms with van der Waals surface area (Å²) in [6.45, 7) is 2.30. The van der Waals surface area contributed by atoms with Gasteiger partial charge in [-0.1, -0.05) is 25.0 Å². The van der Waals surface area contributed by atoms with E-state index >= 15 is 0 Å². The summed E-state index contributed by atoms with van der Waals surface area (Å²) in [6, 6.07) is 7.44. The molecular formula is C17H20N2O2S. The highest BCUT2D eigenvalue weighted by molar-refractivity contribution is 7.13. The quantitative estimate of drug-likeness (QED) is 0.911. The lowest BCUT2D eigenvalue weighted by Crippen LogP contribution is -2.40. The molecule has 1 aromatic carbocycles. The van der Waals surface area contributed by atoms with Crippen molar-refractivity contribution in [3.63, 3.8) is 0 Å². The van der Waals surface area contributed by atoms with E-state index in [0.29, 0.717) is 12.1 Å². The molecule has 0 atom stereocenters. The monoisotopic (exact) mass is 316 g/mol. The summed E-state index contributed by atoms with van der Waals surface area (Å²) in [5, 5.41) is 16.1. The number of benzene rings is 1. The second kappa shape index (κ2) is 6.18. The molecule has 0 aliphatic heterocycles. The number of aromatic nitrogens is 1. The molecule has 3 rings (SSSR count). The Morgan fingerprint density at radius 1 is 1.32 bits per heavy atom. The fraction of sp³-hybridized carbons (Fsp3) is 0.412. The molecule has 0 saturated heterocycles. The predicted octanol–water partition coefficient (Wildman–Crippen LogP) is 3.15. The van der Waals surface area contributed by atoms with E-state index in [1.807, 2.05) is 24.4 Å². The molecule has 1 heterocycles. The molecule has 1 saturated carbocycles. The third-order valence-electron chi connectivity index (χ3n) is 4.13. The second-order valence-electron chi connectivity index (χ2n) is 5.99. The van der Waals surface area contributed by atoms with Gasteiger partial charge in [0.1, 0.15) is 5.01 Å². The second-order valence-corrected chi connectivity index (χ2v) is 6.84. The summed E-state index contributed by atoms with van der Waals surface area (Å²) in [5.41, 5.74) is 1.92. The van der Waals surface area contributed by atoms with Crippen molar-refractivity contribution in [1.29, 1.82) is 0 Å². The Labute approximate surface area is 134 Å². The van der Waals surface area contributed by atoms with Gasteiger partial charge in [0.15, 0.2) is 0 Å². The van der Waals surface area contributed by atoms with Crippen molar-refractivity contribution >= 4 is 17.2 Å². The largest absolute Gasteiger partial charge is 0.388 e. The molecule has 2 aromatic rings. The summed E-state index contributed by atoms with van der Waals surface area (Å²) < 4.78 is 0. The SMILES string of the molecule is Cc1csc(-c2ccc(C(=O)NCC3(O)CCCC3)cc2)n1. The molecule has 0 spiro atoms. The molecule has 1 aromatic heterocycles. The normalized spacial score (nSPS) is 16.6. The van der Waals surface area contributed by atoms with Crippen molar-refractivity contribution in [2.24, 2.45) is 0 Å². The summed E-state index contributed by atoms with van der Waals surface area (Å²) in [7, 11) is 0. The highest BCUT2D eigenvalue weighted by atomic mass is 32.1. The maximum Gasteiger partial charge on any atom is 0.251 e. The minimum atomic E-state index is -0.714. The van der Waals surface area contributed by atoms with Crippen LogP contribution in [-0.2, 0) is 0 Å². The topological polar surface area (TPSA) is 62.2 Å². The first kappa shape index (κ1) is 15.2. The molecule has 22 heavy (non-hydrogen) atoms. The lowest BCUT2D eigenvalue weighted by atomic mass is 10.0. The van der Waals surface area contributed by atoms with Crippen LogP contribution in [0.5, 0.6) is 0 Å². The molecule has 0 bridgehead atoms. The third kappa shape index (κ3) is 3.36. The number of aliphatic hydroxyl groups is 1. The van der Waals surface area contributed by atoms with Gasteiger partial charge in [-0.3, -0.25) is 4.79 Å². The number of aryl methyl sites for hydroxylation is 1. The molecule has 0 unspecified atom stereocenters. The molecule has 2 N–H and O–H groups in total. The van der Waals surface area contributed by atoms with Gasteiger partial charge < -0.3 is 10.4 Å². The Bertz CT molecular complexity index is 658. The zero-order valence-corrected chi connectivity index (χ0v) is 13.4. The zero-order chi connectivity index (χ0) is 15.6. The van der Waals surface area contributed by atoms with Gasteiger partial charge in [0, 0.05) is 28.7 Å². The highest BCUT2D eigenvalue weighted by Gasteiger charge is 2.31. The minimum absolute atomic E-state index is 0.137. The first-order valence-electron chi connectivity index (χ1n) is 7.59. The van der Waals surface area contributed by atoms with Gasteiger partial charge in [0.25, 0.3) is 5.91 Å². The Morgan fingerprint density at radius 3 is 2.59 bits per heavy atom. The van der Waals surface area contributed by atoms with Gasteiger partial charge in [-0.15, -0.1) is 11.3 Å². The van der Waals surface area contributed by atoms with E-state index < -0.39 is 5.60 Å². The average molecular weight is 316 g/mol. The fourth-order valence-corrected chi connectivity index (χ4v) is 3.61. The van der Waals surface area contributed by atoms with Gasteiger partial charge in [-0.2, -0.15) is 0 Å². The number of nitrogens with zero attached hydrogens (tertiary/aromatic N) is 1. The van der Waals surface area contributed by atoms with Crippen LogP contribution in [0.4, 0.5) is 0 Å². The third-order valence-corrected chi connectivity index (χ3v) is 5.13. The van der Waals surface area contributed by atoms with Gasteiger partial charge in [0.05, 0.1) is 5.60 Å². The van der Waals surface area contributed by atoms with Crippen molar-refractivity contribution in [2.45, 2.75) is 38.2 Å². The molecule has 5 heteroatoms. The number of thiazole rings is 1. The molecule has 1 amide bonds. The van der Waals surface area contributed by atoms with Crippen molar-refractivity contribution in [2.75, 3.05) is 6.54 Å². The maximum atomic E-state index is 12.2. The van der Waals surface area contributed by atoms with Crippen molar-refractivity contribution < 1.29 is 9.90 Å². The first-order chi connectivity index (χ1) is 10.6. The van der Waals surface area contributed by atoms with Crippen LogP contribution < -0.4 is 5.32 Å². The van der Waals surface area contributed by atoms with Gasteiger partial charge in [-0.25, -0.2) is 4.98 Å². The Hall–Kier alpha value is -1.72. The van der Waals surface area contributed by atoms with Gasteiger partial charge >= 0.3 is 0 Å². The lowest BCUT2D eigenvalue weighted by molar-refractivity contribution is 0.0449. The average Bonchev–Trinajstić information content (AvgIpc) is 3.14. The van der Waals surface area contributed by atoms with Crippen molar-refractivity contribution in [3.05, 3.63) is 40.9 Å². The number of carbonyl (C=O) groups is 1.